The molecule has 2 aromatic rings. The van der Waals surface area contributed by atoms with Crippen molar-refractivity contribution in [2.75, 3.05) is 37.6 Å². The first-order chi connectivity index (χ1) is 13.5. The minimum Gasteiger partial charge on any atom is -0.423 e. The van der Waals surface area contributed by atoms with E-state index in [1.807, 2.05) is 29.2 Å². The number of amides is 1. The zero-order chi connectivity index (χ0) is 19.3. The number of piperazine rings is 1. The number of aromatic nitrogens is 1. The number of anilines is 1. The highest BCUT2D eigenvalue weighted by molar-refractivity contribution is 7.90. The number of hydrogen-bond donors (Lipinski definition) is 0. The number of benzene rings is 1. The van der Waals surface area contributed by atoms with E-state index in [0.717, 1.165) is 43.3 Å². The fourth-order valence-corrected chi connectivity index (χ4v) is 6.01. The average molecular weight is 404 g/mol. The Hall–Kier alpha value is -2.13. The molecular formula is C19H24N4O4S. The SMILES string of the molecule is O=C([C@H]1CCCN1c1nc2ccccc2o1)N1CCN(S(=O)(=O)C2CC2)CC1. The van der Waals surface area contributed by atoms with Crippen molar-refractivity contribution < 1.29 is 17.6 Å². The highest BCUT2D eigenvalue weighted by Crippen LogP contribution is 2.32. The zero-order valence-electron chi connectivity index (χ0n) is 15.7. The molecule has 0 radical (unpaired) electrons. The summed E-state index contributed by atoms with van der Waals surface area (Å²) in [5, 5.41) is -0.195. The molecule has 0 spiro atoms. The smallest absolute Gasteiger partial charge is 0.299 e. The quantitative estimate of drug-likeness (QED) is 0.766. The lowest BCUT2D eigenvalue weighted by atomic mass is 10.2. The summed E-state index contributed by atoms with van der Waals surface area (Å²) in [6.07, 6.45) is 3.20. The van der Waals surface area contributed by atoms with Gasteiger partial charge in [-0.05, 0) is 37.8 Å². The molecule has 1 aromatic heterocycles. The van der Waals surface area contributed by atoms with Crippen LogP contribution in [0.25, 0.3) is 11.1 Å². The molecule has 150 valence electrons. The maximum absolute atomic E-state index is 13.1. The second kappa shape index (κ2) is 6.73. The van der Waals surface area contributed by atoms with Crippen molar-refractivity contribution >= 4 is 33.0 Å². The first kappa shape index (κ1) is 17.9. The second-order valence-electron chi connectivity index (χ2n) is 7.78. The number of carbonyl (C=O) groups is 1. The van der Waals surface area contributed by atoms with Gasteiger partial charge in [0, 0.05) is 32.7 Å². The van der Waals surface area contributed by atoms with Crippen LogP contribution in [0.15, 0.2) is 28.7 Å². The van der Waals surface area contributed by atoms with Crippen LogP contribution in [0.5, 0.6) is 0 Å². The Morgan fingerprint density at radius 3 is 2.50 bits per heavy atom. The largest absolute Gasteiger partial charge is 0.423 e. The summed E-state index contributed by atoms with van der Waals surface area (Å²) in [6.45, 7) is 2.41. The van der Waals surface area contributed by atoms with Gasteiger partial charge < -0.3 is 14.2 Å². The van der Waals surface area contributed by atoms with Crippen molar-refractivity contribution in [1.29, 1.82) is 0 Å². The summed E-state index contributed by atoms with van der Waals surface area (Å²) in [5.41, 5.74) is 1.50. The van der Waals surface area contributed by atoms with Gasteiger partial charge in [-0.25, -0.2) is 8.42 Å². The fourth-order valence-electron chi connectivity index (χ4n) is 4.19. The Morgan fingerprint density at radius 2 is 1.79 bits per heavy atom. The van der Waals surface area contributed by atoms with Crippen molar-refractivity contribution in [3.63, 3.8) is 0 Å². The van der Waals surface area contributed by atoms with Crippen LogP contribution in [0.3, 0.4) is 0 Å². The first-order valence-electron chi connectivity index (χ1n) is 9.94. The highest BCUT2D eigenvalue weighted by Gasteiger charge is 2.42. The molecule has 2 saturated heterocycles. The molecule has 9 heteroatoms. The summed E-state index contributed by atoms with van der Waals surface area (Å²) in [5.74, 6) is 0.0447. The lowest BCUT2D eigenvalue weighted by Crippen LogP contribution is -2.55. The molecular weight excluding hydrogens is 380 g/mol. The number of fused-ring (bicyclic) bond motifs is 1. The van der Waals surface area contributed by atoms with E-state index in [-0.39, 0.29) is 17.2 Å². The van der Waals surface area contributed by atoms with Crippen molar-refractivity contribution in [3.8, 4) is 0 Å². The lowest BCUT2D eigenvalue weighted by molar-refractivity contribution is -0.133. The number of rotatable bonds is 4. The van der Waals surface area contributed by atoms with Gasteiger partial charge in [-0.3, -0.25) is 4.79 Å². The minimum atomic E-state index is -3.17. The monoisotopic (exact) mass is 404 g/mol. The summed E-state index contributed by atoms with van der Waals surface area (Å²) < 4.78 is 32.2. The molecule has 28 heavy (non-hydrogen) atoms. The molecule has 1 aromatic carbocycles. The van der Waals surface area contributed by atoms with Crippen LogP contribution in [0.1, 0.15) is 25.7 Å². The molecule has 1 saturated carbocycles. The van der Waals surface area contributed by atoms with Crippen molar-refractivity contribution in [2.45, 2.75) is 37.0 Å². The van der Waals surface area contributed by atoms with Crippen LogP contribution >= 0.6 is 0 Å². The van der Waals surface area contributed by atoms with Crippen LogP contribution in [0, 0.1) is 0 Å². The topological polar surface area (TPSA) is 87.0 Å². The van der Waals surface area contributed by atoms with E-state index >= 15 is 0 Å². The fraction of sp³-hybridized carbons (Fsp3) is 0.579. The van der Waals surface area contributed by atoms with Crippen molar-refractivity contribution in [1.82, 2.24) is 14.2 Å². The van der Waals surface area contributed by atoms with Gasteiger partial charge in [0.25, 0.3) is 6.01 Å². The summed E-state index contributed by atoms with van der Waals surface area (Å²) >= 11 is 0. The average Bonchev–Trinajstić information content (AvgIpc) is 3.32. The Kier molecular flexibility index (Phi) is 4.31. The lowest BCUT2D eigenvalue weighted by Gasteiger charge is -2.36. The molecule has 1 aliphatic carbocycles. The Labute approximate surface area is 164 Å². The molecule has 1 amide bonds. The van der Waals surface area contributed by atoms with Gasteiger partial charge in [0.1, 0.15) is 11.6 Å². The Balaban J connectivity index is 1.28. The van der Waals surface area contributed by atoms with Crippen molar-refractivity contribution in [2.24, 2.45) is 0 Å². The van der Waals surface area contributed by atoms with Crippen LogP contribution in [0.2, 0.25) is 0 Å². The van der Waals surface area contributed by atoms with Gasteiger partial charge in [-0.2, -0.15) is 9.29 Å². The van der Waals surface area contributed by atoms with Gasteiger partial charge in [-0.15, -0.1) is 0 Å². The van der Waals surface area contributed by atoms with E-state index in [0.29, 0.717) is 32.2 Å². The maximum atomic E-state index is 13.1. The van der Waals surface area contributed by atoms with Gasteiger partial charge in [0.15, 0.2) is 5.58 Å². The molecule has 2 aliphatic heterocycles. The molecule has 0 N–H and O–H groups in total. The number of hydrogen-bond acceptors (Lipinski definition) is 6. The second-order valence-corrected chi connectivity index (χ2v) is 10.00. The summed E-state index contributed by atoms with van der Waals surface area (Å²) in [4.78, 5) is 21.4. The number of oxazole rings is 1. The van der Waals surface area contributed by atoms with E-state index < -0.39 is 10.0 Å². The first-order valence-corrected chi connectivity index (χ1v) is 11.4. The maximum Gasteiger partial charge on any atom is 0.299 e. The standard InChI is InChI=1S/C19H24N4O4S/c24-18(21-10-12-22(13-11-21)28(25,26)14-7-8-14)16-5-3-9-23(16)19-20-15-4-1-2-6-17(15)27-19/h1-2,4,6,14,16H,3,5,7-13H2/t16-/m1/s1. The summed E-state index contributed by atoms with van der Waals surface area (Å²) in [6, 6.07) is 7.79. The van der Waals surface area contributed by atoms with E-state index in [1.165, 1.54) is 0 Å². The predicted molar refractivity (Wildman–Crippen MR) is 104 cm³/mol. The van der Waals surface area contributed by atoms with E-state index in [1.54, 1.807) is 9.21 Å². The molecule has 0 unspecified atom stereocenters. The molecule has 1 atom stereocenters. The van der Waals surface area contributed by atoms with Gasteiger partial charge in [-0.1, -0.05) is 12.1 Å². The predicted octanol–water partition coefficient (Wildman–Crippen LogP) is 1.43. The third-order valence-electron chi connectivity index (χ3n) is 5.92. The minimum absolute atomic E-state index is 0.0447. The number of sulfonamides is 1. The molecule has 3 fully saturated rings. The Morgan fingerprint density at radius 1 is 1.04 bits per heavy atom. The molecule has 3 heterocycles. The van der Waals surface area contributed by atoms with E-state index in [9.17, 15) is 13.2 Å². The molecule has 0 bridgehead atoms. The normalized spacial score (nSPS) is 24.2. The van der Waals surface area contributed by atoms with Gasteiger partial charge in [0.2, 0.25) is 15.9 Å². The van der Waals surface area contributed by atoms with Gasteiger partial charge in [0.05, 0.1) is 5.25 Å². The number of para-hydroxylation sites is 2. The molecule has 8 nitrogen and oxygen atoms in total. The van der Waals surface area contributed by atoms with Crippen LogP contribution < -0.4 is 4.90 Å². The van der Waals surface area contributed by atoms with E-state index in [4.69, 9.17) is 4.42 Å². The van der Waals surface area contributed by atoms with Crippen LogP contribution in [-0.2, 0) is 14.8 Å². The van der Waals surface area contributed by atoms with Crippen molar-refractivity contribution in [3.05, 3.63) is 24.3 Å². The summed E-state index contributed by atoms with van der Waals surface area (Å²) in [7, 11) is -3.17. The number of carbonyl (C=O) groups excluding carboxylic acids is 1. The number of nitrogens with zero attached hydrogens (tertiary/aromatic N) is 4. The van der Waals surface area contributed by atoms with E-state index in [2.05, 4.69) is 4.98 Å². The highest BCUT2D eigenvalue weighted by atomic mass is 32.2. The third kappa shape index (κ3) is 3.06. The molecule has 3 aliphatic rings. The van der Waals surface area contributed by atoms with Gasteiger partial charge >= 0.3 is 0 Å². The Bertz CT molecular complexity index is 959. The third-order valence-corrected chi connectivity index (χ3v) is 8.32. The van der Waals surface area contributed by atoms with Crippen LogP contribution in [0.4, 0.5) is 6.01 Å². The zero-order valence-corrected chi connectivity index (χ0v) is 16.5. The van der Waals surface area contributed by atoms with Crippen LogP contribution in [-0.4, -0.2) is 72.5 Å². The molecule has 5 rings (SSSR count).